The molecule has 3 N–H and O–H groups in total. The Labute approximate surface area is 276 Å². The van der Waals surface area contributed by atoms with E-state index in [0.29, 0.717) is 0 Å². The van der Waals surface area contributed by atoms with Crippen molar-refractivity contribution in [2.24, 2.45) is 0 Å². The molecule has 0 fully saturated rings. The average molecular weight is 660 g/mol. The number of nitrogens with one attached hydrogen (secondary N) is 2. The summed E-state index contributed by atoms with van der Waals surface area (Å²) in [6.07, 6.45) is 1.03. The van der Waals surface area contributed by atoms with Crippen LogP contribution in [0.2, 0.25) is 0 Å². The molecule has 4 aromatic carbocycles. The van der Waals surface area contributed by atoms with Gasteiger partial charge in [0.05, 0.1) is 51.0 Å². The molecule has 0 radical (unpaired) electrons. The molecule has 4 aromatic rings. The predicted octanol–water partition coefficient (Wildman–Crippen LogP) is 4.47. The lowest BCUT2D eigenvalue weighted by Gasteiger charge is -2.28. The zero-order valence-electron chi connectivity index (χ0n) is 26.8. The molecule has 248 valence electrons. The zero-order valence-corrected chi connectivity index (χ0v) is 27.6. The van der Waals surface area contributed by atoms with Crippen molar-refractivity contribution >= 4 is 27.5 Å². The van der Waals surface area contributed by atoms with E-state index in [9.17, 15) is 23.1 Å². The molecule has 0 bridgehead atoms. The molecule has 0 aliphatic rings. The van der Waals surface area contributed by atoms with Gasteiger partial charge in [-0.1, -0.05) is 91.0 Å². The van der Waals surface area contributed by atoms with Crippen molar-refractivity contribution < 1.29 is 32.6 Å². The van der Waals surface area contributed by atoms with Gasteiger partial charge in [-0.3, -0.25) is 13.9 Å². The number of rotatable bonds is 16. The molecule has 0 aliphatic carbocycles. The number of ether oxygens (including phenoxy) is 2. The summed E-state index contributed by atoms with van der Waals surface area (Å²) in [6, 6.07) is 32.2. The maximum absolute atomic E-state index is 13.5. The molecular formula is C36H41N3O7S. The van der Waals surface area contributed by atoms with Crippen molar-refractivity contribution in [3.05, 3.63) is 137 Å². The number of carbonyl (C=O) groups excluding carboxylic acids is 2. The van der Waals surface area contributed by atoms with E-state index >= 15 is 0 Å². The fourth-order valence-electron chi connectivity index (χ4n) is 4.71. The van der Waals surface area contributed by atoms with Crippen molar-refractivity contribution in [1.29, 1.82) is 0 Å². The summed E-state index contributed by atoms with van der Waals surface area (Å²) in [7, 11) is -2.37. The average Bonchev–Trinajstić information content (AvgIpc) is 3.07. The van der Waals surface area contributed by atoms with E-state index < -0.39 is 27.4 Å². The maximum atomic E-state index is 13.5. The van der Waals surface area contributed by atoms with E-state index in [4.69, 9.17) is 9.47 Å². The van der Waals surface area contributed by atoms with Gasteiger partial charge in [-0.2, -0.15) is 0 Å². The molecule has 11 heteroatoms. The minimum atomic E-state index is -3.71. The Hall–Kier alpha value is -4.55. The molecule has 0 saturated heterocycles. The summed E-state index contributed by atoms with van der Waals surface area (Å²) in [6.45, 7) is 1.80. The Morgan fingerprint density at radius 2 is 1.26 bits per heavy atom. The van der Waals surface area contributed by atoms with E-state index in [1.807, 2.05) is 97.9 Å². The van der Waals surface area contributed by atoms with E-state index in [1.54, 1.807) is 0 Å². The standard InChI is InChI=1S/C36H41N3O7S/c1-27(30-17-11-6-12-18-30)38-35(41)32-19-31(20-33(21-32)39(2)47(3,43)44)34(40)37-24-36(42,25-45-22-28-13-7-4-8-14-28)26-46-23-29-15-9-5-10-16-29/h4-21,27,42H,22-26H2,1-3H3,(H,37,40)(H,38,41)/t27-/m1/s1. The van der Waals surface area contributed by atoms with Crippen LogP contribution in [0.3, 0.4) is 0 Å². The molecule has 10 nitrogen and oxygen atoms in total. The Morgan fingerprint density at radius 3 is 1.74 bits per heavy atom. The third-order valence-corrected chi connectivity index (χ3v) is 8.70. The van der Waals surface area contributed by atoms with Gasteiger partial charge in [-0.25, -0.2) is 8.42 Å². The monoisotopic (exact) mass is 659 g/mol. The Kier molecular flexibility index (Phi) is 12.3. The minimum Gasteiger partial charge on any atom is -0.383 e. The topological polar surface area (TPSA) is 134 Å². The minimum absolute atomic E-state index is 0.0354. The number of anilines is 1. The van der Waals surface area contributed by atoms with Gasteiger partial charge in [0.2, 0.25) is 10.0 Å². The van der Waals surface area contributed by atoms with Crippen molar-refractivity contribution in [1.82, 2.24) is 10.6 Å². The van der Waals surface area contributed by atoms with Gasteiger partial charge < -0.3 is 25.2 Å². The van der Waals surface area contributed by atoms with Gasteiger partial charge in [0.1, 0.15) is 5.60 Å². The lowest BCUT2D eigenvalue weighted by molar-refractivity contribution is -0.0993. The lowest BCUT2D eigenvalue weighted by atomic mass is 10.0. The molecule has 4 rings (SSSR count). The summed E-state index contributed by atoms with van der Waals surface area (Å²) in [4.78, 5) is 26.9. The van der Waals surface area contributed by atoms with Crippen LogP contribution in [0.5, 0.6) is 0 Å². The lowest BCUT2D eigenvalue weighted by Crippen LogP contribution is -2.49. The number of hydrogen-bond acceptors (Lipinski definition) is 7. The third-order valence-electron chi connectivity index (χ3n) is 7.49. The van der Waals surface area contributed by atoms with Crippen LogP contribution in [0, 0.1) is 0 Å². The number of amides is 2. The zero-order chi connectivity index (χ0) is 33.9. The highest BCUT2D eigenvalue weighted by molar-refractivity contribution is 7.92. The summed E-state index contributed by atoms with van der Waals surface area (Å²) < 4.78 is 37.4. The number of hydrogen-bond donors (Lipinski definition) is 3. The van der Waals surface area contributed by atoms with Gasteiger partial charge in [0.15, 0.2) is 0 Å². The van der Waals surface area contributed by atoms with E-state index in [2.05, 4.69) is 10.6 Å². The van der Waals surface area contributed by atoms with Crippen molar-refractivity contribution in [2.45, 2.75) is 31.8 Å². The largest absolute Gasteiger partial charge is 0.383 e. The maximum Gasteiger partial charge on any atom is 0.251 e. The van der Waals surface area contributed by atoms with Gasteiger partial charge in [-0.05, 0) is 41.8 Å². The summed E-state index contributed by atoms with van der Waals surface area (Å²) in [5.41, 5.74) is 1.38. The number of sulfonamides is 1. The second-order valence-electron chi connectivity index (χ2n) is 11.5. The van der Waals surface area contributed by atoms with Crippen molar-refractivity contribution in [3.8, 4) is 0 Å². The number of aliphatic hydroxyl groups is 1. The molecule has 0 heterocycles. The first kappa shape index (κ1) is 35.3. The first-order valence-electron chi connectivity index (χ1n) is 15.1. The fraction of sp³-hybridized carbons (Fsp3) is 0.278. The van der Waals surface area contributed by atoms with Crippen LogP contribution in [0.25, 0.3) is 0 Å². The highest BCUT2D eigenvalue weighted by atomic mass is 32.2. The molecule has 0 spiro atoms. The Balaban J connectivity index is 1.52. The summed E-state index contributed by atoms with van der Waals surface area (Å²) in [5, 5.41) is 17.2. The molecule has 0 aliphatic heterocycles. The first-order valence-corrected chi connectivity index (χ1v) is 17.0. The van der Waals surface area contributed by atoms with Crippen LogP contribution in [0.15, 0.2) is 109 Å². The van der Waals surface area contributed by atoms with Crippen LogP contribution in [0.4, 0.5) is 5.69 Å². The summed E-state index contributed by atoms with van der Waals surface area (Å²) in [5.74, 6) is -1.11. The van der Waals surface area contributed by atoms with Crippen molar-refractivity contribution in [3.63, 3.8) is 0 Å². The number of carbonyl (C=O) groups is 2. The van der Waals surface area contributed by atoms with Crippen LogP contribution in [0.1, 0.15) is 50.4 Å². The molecule has 1 atom stereocenters. The number of nitrogens with zero attached hydrogens (tertiary/aromatic N) is 1. The highest BCUT2D eigenvalue weighted by Crippen LogP contribution is 2.22. The van der Waals surface area contributed by atoms with Crippen LogP contribution < -0.4 is 14.9 Å². The molecule has 0 saturated carbocycles. The molecule has 0 unspecified atom stereocenters. The second kappa shape index (κ2) is 16.3. The van der Waals surface area contributed by atoms with Crippen molar-refractivity contribution in [2.75, 3.05) is 37.4 Å². The second-order valence-corrected chi connectivity index (χ2v) is 13.5. The summed E-state index contributed by atoms with van der Waals surface area (Å²) >= 11 is 0. The fourth-order valence-corrected chi connectivity index (χ4v) is 5.20. The van der Waals surface area contributed by atoms with Gasteiger partial charge in [-0.15, -0.1) is 0 Å². The quantitative estimate of drug-likeness (QED) is 0.162. The van der Waals surface area contributed by atoms with Crippen LogP contribution in [-0.2, 0) is 32.7 Å². The van der Waals surface area contributed by atoms with E-state index in [-0.39, 0.29) is 55.8 Å². The number of benzene rings is 4. The SMILES string of the molecule is C[C@@H](NC(=O)c1cc(C(=O)NCC(O)(COCc2ccccc2)COCc2ccccc2)cc(N(C)S(C)(=O)=O)c1)c1ccccc1. The smallest absolute Gasteiger partial charge is 0.251 e. The Bertz CT molecular complexity index is 1670. The molecule has 2 amide bonds. The van der Waals surface area contributed by atoms with Gasteiger partial charge >= 0.3 is 0 Å². The van der Waals surface area contributed by atoms with Crippen LogP contribution >= 0.6 is 0 Å². The molecular weight excluding hydrogens is 618 g/mol. The molecule has 0 aromatic heterocycles. The highest BCUT2D eigenvalue weighted by Gasteiger charge is 2.30. The predicted molar refractivity (Wildman–Crippen MR) is 181 cm³/mol. The van der Waals surface area contributed by atoms with Gasteiger partial charge in [0, 0.05) is 18.2 Å². The third kappa shape index (κ3) is 10.8. The van der Waals surface area contributed by atoms with Crippen LogP contribution in [-0.4, -0.2) is 64.0 Å². The Morgan fingerprint density at radius 1 is 0.787 bits per heavy atom. The molecule has 47 heavy (non-hydrogen) atoms. The normalized spacial score (nSPS) is 12.3. The first-order chi connectivity index (χ1) is 22.4. The van der Waals surface area contributed by atoms with E-state index in [0.717, 1.165) is 27.3 Å². The van der Waals surface area contributed by atoms with E-state index in [1.165, 1.54) is 25.2 Å². The van der Waals surface area contributed by atoms with Gasteiger partial charge in [0.25, 0.3) is 11.8 Å².